The highest BCUT2D eigenvalue weighted by molar-refractivity contribution is 6.06. The zero-order valence-corrected chi connectivity index (χ0v) is 26.5. The van der Waals surface area contributed by atoms with E-state index in [0.717, 1.165) is 30.4 Å². The second-order valence-electron chi connectivity index (χ2n) is 13.3. The van der Waals surface area contributed by atoms with Gasteiger partial charge in [-0.25, -0.2) is 0 Å². The van der Waals surface area contributed by atoms with Crippen molar-refractivity contribution in [1.82, 2.24) is 0 Å². The first-order valence-electron chi connectivity index (χ1n) is 15.5. The third-order valence-corrected chi connectivity index (χ3v) is 10.4. The maximum Gasteiger partial charge on any atom is 0.150 e. The molecule has 0 aliphatic heterocycles. The summed E-state index contributed by atoms with van der Waals surface area (Å²) in [4.78, 5) is 11.8. The van der Waals surface area contributed by atoms with E-state index in [0.29, 0.717) is 5.56 Å². The first-order valence-corrected chi connectivity index (χ1v) is 15.5. The van der Waals surface area contributed by atoms with Gasteiger partial charge >= 0.3 is 0 Å². The van der Waals surface area contributed by atoms with Gasteiger partial charge in [0.1, 0.15) is 12.0 Å². The van der Waals surface area contributed by atoms with Crippen LogP contribution in [0.5, 0.6) is 5.75 Å². The predicted octanol–water partition coefficient (Wildman–Crippen LogP) is 10.4. The summed E-state index contributed by atoms with van der Waals surface area (Å²) in [6.45, 7) is 13.9. The van der Waals surface area contributed by atoms with Gasteiger partial charge in [-0.05, 0) is 91.1 Å². The SMILES string of the molecule is CCC(C)(C)c1ccc2c(c1)C(c1ccc(C=O)cc1)(c1ccc(OC)cc1)c1cc(C(C)(C)CC)c3ccccc3c1-2. The lowest BCUT2D eigenvalue weighted by Crippen LogP contribution is -2.30. The van der Waals surface area contributed by atoms with Gasteiger partial charge in [0.15, 0.2) is 0 Å². The van der Waals surface area contributed by atoms with Crippen molar-refractivity contribution in [2.75, 3.05) is 7.11 Å². The van der Waals surface area contributed by atoms with Gasteiger partial charge in [-0.2, -0.15) is 0 Å². The van der Waals surface area contributed by atoms with E-state index >= 15 is 0 Å². The van der Waals surface area contributed by atoms with Crippen LogP contribution in [0, 0.1) is 0 Å². The van der Waals surface area contributed by atoms with E-state index < -0.39 is 5.41 Å². The Morgan fingerprint density at radius 1 is 0.698 bits per heavy atom. The van der Waals surface area contributed by atoms with Crippen LogP contribution in [0.2, 0.25) is 0 Å². The number of ether oxygens (including phenoxy) is 1. The number of hydrogen-bond donors (Lipinski definition) is 0. The van der Waals surface area contributed by atoms with Crippen molar-refractivity contribution in [3.05, 3.63) is 136 Å². The molecule has 1 atom stereocenters. The molecule has 43 heavy (non-hydrogen) atoms. The molecule has 5 aromatic carbocycles. The molecule has 0 saturated heterocycles. The standard InChI is InChI=1S/C41H42O2/c1-8-39(3,4)30-20-23-34-36(24-30)41(28-16-14-27(26-42)15-17-28,29-18-21-31(43-7)22-19-29)37-25-35(40(5,6)9-2)32-12-10-11-13-33(32)38(34)37/h10-26H,8-9H2,1-7H3. The quantitative estimate of drug-likeness (QED) is 0.171. The fraction of sp³-hybridized carbons (Fsp3) is 0.293. The third kappa shape index (κ3) is 4.34. The minimum Gasteiger partial charge on any atom is -0.497 e. The summed E-state index contributed by atoms with van der Waals surface area (Å²) < 4.78 is 5.62. The lowest BCUT2D eigenvalue weighted by Gasteiger charge is -2.36. The maximum atomic E-state index is 11.8. The molecule has 0 heterocycles. The Labute approximate surface area is 256 Å². The minimum absolute atomic E-state index is 0.0220. The molecule has 0 saturated carbocycles. The van der Waals surface area contributed by atoms with Crippen LogP contribution in [-0.4, -0.2) is 13.4 Å². The van der Waals surface area contributed by atoms with Crippen molar-refractivity contribution in [1.29, 1.82) is 0 Å². The van der Waals surface area contributed by atoms with Crippen LogP contribution in [-0.2, 0) is 16.2 Å². The van der Waals surface area contributed by atoms with E-state index in [1.807, 2.05) is 12.1 Å². The van der Waals surface area contributed by atoms with Crippen LogP contribution in [0.25, 0.3) is 21.9 Å². The van der Waals surface area contributed by atoms with E-state index in [9.17, 15) is 4.79 Å². The van der Waals surface area contributed by atoms with E-state index in [2.05, 4.69) is 126 Å². The molecule has 1 unspecified atom stereocenters. The number of benzene rings is 5. The summed E-state index contributed by atoms with van der Waals surface area (Å²) in [6, 6.07) is 35.4. The first kappa shape index (κ1) is 28.9. The lowest BCUT2D eigenvalue weighted by molar-refractivity contribution is 0.112. The fourth-order valence-electron chi connectivity index (χ4n) is 7.00. The monoisotopic (exact) mass is 566 g/mol. The molecule has 0 amide bonds. The number of aldehydes is 1. The minimum atomic E-state index is -0.583. The molecular weight excluding hydrogens is 524 g/mol. The molecule has 0 aromatic heterocycles. The van der Waals surface area contributed by atoms with Crippen LogP contribution in [0.15, 0.2) is 97.1 Å². The fourth-order valence-corrected chi connectivity index (χ4v) is 7.00. The molecule has 2 nitrogen and oxygen atoms in total. The molecular formula is C41H42O2. The molecule has 0 fully saturated rings. The topological polar surface area (TPSA) is 26.3 Å². The summed E-state index contributed by atoms with van der Waals surface area (Å²) in [5.74, 6) is 0.834. The van der Waals surface area contributed by atoms with Gasteiger partial charge in [0, 0.05) is 5.56 Å². The second kappa shape index (κ2) is 10.5. The Balaban J connectivity index is 1.85. The average Bonchev–Trinajstić information content (AvgIpc) is 3.35. The van der Waals surface area contributed by atoms with Crippen LogP contribution in [0.3, 0.4) is 0 Å². The Morgan fingerprint density at radius 3 is 1.88 bits per heavy atom. The van der Waals surface area contributed by atoms with Crippen LogP contribution in [0.4, 0.5) is 0 Å². The van der Waals surface area contributed by atoms with Crippen molar-refractivity contribution in [3.8, 4) is 16.9 Å². The second-order valence-corrected chi connectivity index (χ2v) is 13.3. The molecule has 1 aliphatic carbocycles. The largest absolute Gasteiger partial charge is 0.497 e. The molecule has 6 rings (SSSR count). The molecule has 5 aromatic rings. The van der Waals surface area contributed by atoms with Crippen LogP contribution >= 0.6 is 0 Å². The van der Waals surface area contributed by atoms with Crippen molar-refractivity contribution in [3.63, 3.8) is 0 Å². The summed E-state index contributed by atoms with van der Waals surface area (Å²) in [5, 5.41) is 2.61. The first-order chi connectivity index (χ1) is 20.6. The number of rotatable bonds is 8. The molecule has 0 spiro atoms. The van der Waals surface area contributed by atoms with Crippen molar-refractivity contribution in [2.24, 2.45) is 0 Å². The highest BCUT2D eigenvalue weighted by atomic mass is 16.5. The molecule has 1 aliphatic rings. The number of carbonyl (C=O) groups is 1. The van der Waals surface area contributed by atoms with Crippen molar-refractivity contribution in [2.45, 2.75) is 70.6 Å². The zero-order chi connectivity index (χ0) is 30.6. The predicted molar refractivity (Wildman–Crippen MR) is 180 cm³/mol. The number of fused-ring (bicyclic) bond motifs is 5. The molecule has 0 N–H and O–H groups in total. The Hall–Kier alpha value is -4.17. The molecule has 0 bridgehead atoms. The van der Waals surface area contributed by atoms with Crippen molar-refractivity contribution >= 4 is 17.1 Å². The highest BCUT2D eigenvalue weighted by Gasteiger charge is 2.48. The number of carbonyl (C=O) groups excluding carboxylic acids is 1. The van der Waals surface area contributed by atoms with Crippen molar-refractivity contribution < 1.29 is 9.53 Å². The normalized spacial score (nSPS) is 16.2. The summed E-state index contributed by atoms with van der Waals surface area (Å²) >= 11 is 0. The lowest BCUT2D eigenvalue weighted by atomic mass is 9.65. The van der Waals surface area contributed by atoms with E-state index in [1.54, 1.807) is 7.11 Å². The Bertz CT molecular complexity index is 1820. The smallest absolute Gasteiger partial charge is 0.150 e. The van der Waals surface area contributed by atoms with E-state index in [1.165, 1.54) is 49.7 Å². The maximum absolute atomic E-state index is 11.8. The van der Waals surface area contributed by atoms with Gasteiger partial charge in [0.05, 0.1) is 12.5 Å². The molecule has 2 heteroatoms. The van der Waals surface area contributed by atoms with Crippen LogP contribution in [0.1, 0.15) is 98.1 Å². The Kier molecular flexibility index (Phi) is 7.08. The van der Waals surface area contributed by atoms with Gasteiger partial charge in [-0.15, -0.1) is 0 Å². The van der Waals surface area contributed by atoms with Gasteiger partial charge in [-0.1, -0.05) is 126 Å². The molecule has 0 radical (unpaired) electrons. The summed E-state index contributed by atoms with van der Waals surface area (Å²) in [6.07, 6.45) is 3.00. The third-order valence-electron chi connectivity index (χ3n) is 10.4. The zero-order valence-electron chi connectivity index (χ0n) is 26.5. The van der Waals surface area contributed by atoms with E-state index in [-0.39, 0.29) is 10.8 Å². The summed E-state index contributed by atoms with van der Waals surface area (Å²) in [5.41, 5.74) is 10.3. The Morgan fingerprint density at radius 2 is 1.30 bits per heavy atom. The number of hydrogen-bond acceptors (Lipinski definition) is 2. The van der Waals surface area contributed by atoms with E-state index in [4.69, 9.17) is 4.74 Å². The van der Waals surface area contributed by atoms with Gasteiger partial charge in [0.25, 0.3) is 0 Å². The van der Waals surface area contributed by atoms with Gasteiger partial charge in [0.2, 0.25) is 0 Å². The van der Waals surface area contributed by atoms with Gasteiger partial charge in [-0.3, -0.25) is 4.79 Å². The highest BCUT2D eigenvalue weighted by Crippen LogP contribution is 2.59. The van der Waals surface area contributed by atoms with Crippen LogP contribution < -0.4 is 4.74 Å². The van der Waals surface area contributed by atoms with Gasteiger partial charge < -0.3 is 4.74 Å². The number of methoxy groups -OCH3 is 1. The molecule has 218 valence electrons. The average molecular weight is 567 g/mol. The summed E-state index contributed by atoms with van der Waals surface area (Å²) in [7, 11) is 1.72.